The Hall–Kier alpha value is -2.37. The fraction of sp³-hybridized carbons (Fsp3) is 0.143. The predicted molar refractivity (Wildman–Crippen MR) is 89.2 cm³/mol. The van der Waals surface area contributed by atoms with Crippen molar-refractivity contribution in [3.63, 3.8) is 0 Å². The van der Waals surface area contributed by atoms with E-state index in [1.54, 1.807) is 36.4 Å². The first-order valence-electron chi connectivity index (χ1n) is 6.74. The Morgan fingerprint density at radius 1 is 0.792 bits per heavy atom. The normalized spacial score (nSPS) is 14.6. The molecule has 0 aliphatic rings. The summed E-state index contributed by atoms with van der Waals surface area (Å²) in [5.41, 5.74) is 23.3. The van der Waals surface area contributed by atoms with Crippen molar-refractivity contribution in [2.24, 2.45) is 11.5 Å². The van der Waals surface area contributed by atoms with Gasteiger partial charge in [0.05, 0.1) is 0 Å². The summed E-state index contributed by atoms with van der Waals surface area (Å²) in [5.74, 6) is 0.694. The van der Waals surface area contributed by atoms with Gasteiger partial charge >= 0.3 is 11.4 Å². The fourth-order valence-corrected chi connectivity index (χ4v) is 2.09. The van der Waals surface area contributed by atoms with E-state index in [4.69, 9.17) is 40.8 Å². The van der Waals surface area contributed by atoms with Crippen LogP contribution >= 0.6 is 0 Å². The molecule has 0 aromatic heterocycles. The van der Waals surface area contributed by atoms with Gasteiger partial charge in [-0.1, -0.05) is 12.1 Å². The molecule has 2 aromatic rings. The molecule has 10 heteroatoms. The summed E-state index contributed by atoms with van der Waals surface area (Å²) >= 11 is -2.30. The lowest BCUT2D eigenvalue weighted by molar-refractivity contribution is -0.0228. The summed E-state index contributed by atoms with van der Waals surface area (Å²) < 4.78 is 31.7. The topological polar surface area (TPSA) is 158 Å². The first kappa shape index (κ1) is 18.0. The van der Waals surface area contributed by atoms with Crippen LogP contribution in [0.2, 0.25) is 0 Å². The van der Waals surface area contributed by atoms with E-state index in [2.05, 4.69) is 0 Å². The first-order chi connectivity index (χ1) is 11.4. The maximum Gasteiger partial charge on any atom is 0.313 e. The summed E-state index contributed by atoms with van der Waals surface area (Å²) in [6.07, 6.45) is -2.71. The van der Waals surface area contributed by atoms with Crippen LogP contribution < -0.4 is 32.4 Å². The van der Waals surface area contributed by atoms with Gasteiger partial charge in [0.2, 0.25) is 0 Å². The highest BCUT2D eigenvalue weighted by Gasteiger charge is 2.16. The van der Waals surface area contributed by atoms with Crippen LogP contribution in [0.5, 0.6) is 11.5 Å². The van der Waals surface area contributed by atoms with Gasteiger partial charge in [0.1, 0.15) is 11.5 Å². The number of rotatable bonds is 8. The fourth-order valence-electron chi connectivity index (χ4n) is 1.66. The second-order valence-corrected chi connectivity index (χ2v) is 5.31. The average molecular weight is 354 g/mol. The highest BCUT2D eigenvalue weighted by Crippen LogP contribution is 2.17. The van der Waals surface area contributed by atoms with Crippen molar-refractivity contribution in [3.8, 4) is 11.5 Å². The molecular weight excluding hydrogens is 336 g/mol. The lowest BCUT2D eigenvalue weighted by Crippen LogP contribution is -2.36. The Bertz CT molecular complexity index is 645. The van der Waals surface area contributed by atoms with E-state index in [0.29, 0.717) is 22.9 Å². The number of benzene rings is 2. The summed E-state index contributed by atoms with van der Waals surface area (Å²) in [6, 6.07) is 13.0. The van der Waals surface area contributed by atoms with E-state index in [0.717, 1.165) is 0 Å². The van der Waals surface area contributed by atoms with Crippen LogP contribution in [0.3, 0.4) is 0 Å². The van der Waals surface area contributed by atoms with Gasteiger partial charge in [-0.15, -0.1) is 0 Å². The molecule has 0 fully saturated rings. The van der Waals surface area contributed by atoms with Crippen molar-refractivity contribution >= 4 is 22.7 Å². The van der Waals surface area contributed by atoms with Crippen LogP contribution in [0, 0.1) is 0 Å². The molecule has 9 nitrogen and oxygen atoms in total. The van der Waals surface area contributed by atoms with Crippen LogP contribution in [0.1, 0.15) is 0 Å². The Morgan fingerprint density at radius 3 is 1.58 bits per heavy atom. The molecule has 0 saturated heterocycles. The van der Waals surface area contributed by atoms with Gasteiger partial charge in [0.15, 0.2) is 0 Å². The van der Waals surface area contributed by atoms with Crippen LogP contribution in [-0.2, 0) is 19.7 Å². The van der Waals surface area contributed by atoms with Gasteiger partial charge < -0.3 is 20.9 Å². The molecule has 130 valence electrons. The van der Waals surface area contributed by atoms with E-state index in [-0.39, 0.29) is 0 Å². The molecule has 0 amide bonds. The predicted octanol–water partition coefficient (Wildman–Crippen LogP) is 0.405. The second kappa shape index (κ2) is 8.47. The minimum Gasteiger partial charge on any atom is -0.450 e. The molecule has 2 unspecified atom stereocenters. The number of ether oxygens (including phenoxy) is 2. The third-order valence-electron chi connectivity index (χ3n) is 2.57. The van der Waals surface area contributed by atoms with Crippen molar-refractivity contribution in [3.05, 3.63) is 48.5 Å². The number of nitrogens with two attached hydrogens (primary N) is 4. The maximum absolute atomic E-state index is 11.7. The molecular formula is C14H18N4O5S. The summed E-state index contributed by atoms with van der Waals surface area (Å²) in [6.45, 7) is 0. The molecule has 0 aliphatic heterocycles. The third kappa shape index (κ3) is 6.02. The minimum atomic E-state index is -2.30. The highest BCUT2D eigenvalue weighted by molar-refractivity contribution is 7.75. The summed E-state index contributed by atoms with van der Waals surface area (Å²) in [4.78, 5) is 0. The highest BCUT2D eigenvalue weighted by atomic mass is 32.2. The second-order valence-electron chi connectivity index (χ2n) is 4.51. The van der Waals surface area contributed by atoms with Gasteiger partial charge in [-0.3, -0.25) is 11.5 Å². The van der Waals surface area contributed by atoms with Crippen molar-refractivity contribution in [1.29, 1.82) is 0 Å². The van der Waals surface area contributed by atoms with E-state index >= 15 is 0 Å². The number of nitrogen functional groups attached to an aromatic ring is 2. The third-order valence-corrected chi connectivity index (χ3v) is 3.26. The van der Waals surface area contributed by atoms with Gasteiger partial charge in [-0.25, -0.2) is 8.37 Å². The van der Waals surface area contributed by atoms with E-state index < -0.39 is 24.2 Å². The molecule has 0 radical (unpaired) electrons. The maximum atomic E-state index is 11.7. The van der Waals surface area contributed by atoms with E-state index in [9.17, 15) is 4.21 Å². The Balaban J connectivity index is 1.79. The quantitative estimate of drug-likeness (QED) is 0.389. The van der Waals surface area contributed by atoms with Gasteiger partial charge in [0.25, 0.3) is 12.8 Å². The molecule has 0 spiro atoms. The van der Waals surface area contributed by atoms with Crippen molar-refractivity contribution < 1.29 is 22.0 Å². The Kier molecular flexibility index (Phi) is 6.35. The van der Waals surface area contributed by atoms with Crippen LogP contribution in [-0.4, -0.2) is 17.0 Å². The van der Waals surface area contributed by atoms with Crippen molar-refractivity contribution in [2.45, 2.75) is 12.8 Å². The molecule has 8 N–H and O–H groups in total. The minimum absolute atomic E-state index is 0.347. The molecule has 0 saturated carbocycles. The van der Waals surface area contributed by atoms with Crippen molar-refractivity contribution in [1.82, 2.24) is 0 Å². The number of anilines is 2. The monoisotopic (exact) mass is 354 g/mol. The molecule has 2 rings (SSSR count). The van der Waals surface area contributed by atoms with Crippen LogP contribution in [0.25, 0.3) is 0 Å². The van der Waals surface area contributed by atoms with E-state index in [1.807, 2.05) is 0 Å². The molecule has 2 aromatic carbocycles. The summed E-state index contributed by atoms with van der Waals surface area (Å²) in [7, 11) is 0. The van der Waals surface area contributed by atoms with Crippen molar-refractivity contribution in [2.75, 3.05) is 11.5 Å². The van der Waals surface area contributed by atoms with Crippen LogP contribution in [0.4, 0.5) is 11.4 Å². The SMILES string of the molecule is Nc1cccc(OC(N)OS(=O)OC(N)Oc2cccc(N)c2)c1. The zero-order valence-electron chi connectivity index (χ0n) is 12.5. The molecule has 2 atom stereocenters. The molecule has 0 bridgehead atoms. The standard InChI is InChI=1S/C14H18N4O5S/c15-9-3-1-5-11(7-9)20-13(17)22-24(19)23-14(18)21-12-6-2-4-10(16)8-12/h1-8,13-14H,15-18H2. The van der Waals surface area contributed by atoms with Gasteiger partial charge in [-0.05, 0) is 24.3 Å². The molecule has 0 aliphatic carbocycles. The lowest BCUT2D eigenvalue weighted by Gasteiger charge is -2.17. The van der Waals surface area contributed by atoms with Gasteiger partial charge in [-0.2, -0.15) is 4.21 Å². The number of hydrogen-bond donors (Lipinski definition) is 4. The average Bonchev–Trinajstić information content (AvgIpc) is 2.46. The van der Waals surface area contributed by atoms with Crippen LogP contribution in [0.15, 0.2) is 48.5 Å². The lowest BCUT2D eigenvalue weighted by atomic mass is 10.3. The molecule has 24 heavy (non-hydrogen) atoms. The van der Waals surface area contributed by atoms with E-state index in [1.165, 1.54) is 12.1 Å². The summed E-state index contributed by atoms with van der Waals surface area (Å²) in [5, 5.41) is 0. The smallest absolute Gasteiger partial charge is 0.313 e. The zero-order chi connectivity index (χ0) is 17.5. The Morgan fingerprint density at radius 2 is 1.21 bits per heavy atom. The number of hydrogen-bond acceptors (Lipinski definition) is 9. The zero-order valence-corrected chi connectivity index (χ0v) is 13.3. The first-order valence-corrected chi connectivity index (χ1v) is 7.74. The van der Waals surface area contributed by atoms with Gasteiger partial charge in [0, 0.05) is 23.5 Å². The Labute approximate surface area is 141 Å². The molecule has 0 heterocycles. The largest absolute Gasteiger partial charge is 0.450 e.